The molecule has 0 saturated carbocycles. The molecule has 0 nitrogen and oxygen atoms in total. The van der Waals surface area contributed by atoms with Crippen molar-refractivity contribution >= 4 is 21.5 Å². The quantitative estimate of drug-likeness (QED) is 0.340. The van der Waals surface area contributed by atoms with Crippen molar-refractivity contribution in [1.82, 2.24) is 0 Å². The number of benzene rings is 3. The average molecular weight is 381 g/mol. The number of fused-ring (bicyclic) bond motifs is 2. The highest BCUT2D eigenvalue weighted by Crippen LogP contribution is 2.36. The van der Waals surface area contributed by atoms with Gasteiger partial charge in [0.05, 0.1) is 0 Å². The van der Waals surface area contributed by atoms with Crippen molar-refractivity contribution < 1.29 is 0 Å². The van der Waals surface area contributed by atoms with Gasteiger partial charge in [0.2, 0.25) is 0 Å². The van der Waals surface area contributed by atoms with Crippen LogP contribution in [0.15, 0.2) is 36.4 Å². The number of rotatable bonds is 0. The molecule has 0 amide bonds. The van der Waals surface area contributed by atoms with Gasteiger partial charge in [-0.05, 0) is 68.5 Å². The lowest BCUT2D eigenvalue weighted by atomic mass is 9.82. The Morgan fingerprint density at radius 2 is 0.786 bits per heavy atom. The molecular weight excluding hydrogens is 336 g/mol. The van der Waals surface area contributed by atoms with Gasteiger partial charge in [-0.15, -0.1) is 0 Å². The third kappa shape index (κ3) is 4.77. The van der Waals surface area contributed by atoms with Crippen molar-refractivity contribution in [2.45, 2.75) is 94.9 Å². The minimum Gasteiger partial charge on any atom is -0.0776 e. The maximum atomic E-state index is 2.40. The van der Waals surface area contributed by atoms with Gasteiger partial charge < -0.3 is 0 Å². The summed E-state index contributed by atoms with van der Waals surface area (Å²) in [6, 6.07) is 14.0. The van der Waals surface area contributed by atoms with E-state index < -0.39 is 0 Å². The second kappa shape index (κ2) is 9.12. The fourth-order valence-electron chi connectivity index (χ4n) is 3.59. The first-order valence-corrected chi connectivity index (χ1v) is 9.98. The Morgan fingerprint density at radius 3 is 1.04 bits per heavy atom. The van der Waals surface area contributed by atoms with Crippen molar-refractivity contribution in [3.63, 3.8) is 0 Å². The van der Waals surface area contributed by atoms with Gasteiger partial charge in [0.1, 0.15) is 0 Å². The first-order valence-electron chi connectivity index (χ1n) is 9.98. The lowest BCUT2D eigenvalue weighted by Gasteiger charge is -2.23. The summed E-state index contributed by atoms with van der Waals surface area (Å²) in [6.07, 6.45) is 0. The van der Waals surface area contributed by atoms with Crippen molar-refractivity contribution in [1.29, 1.82) is 0 Å². The largest absolute Gasteiger partial charge is 0.0776 e. The van der Waals surface area contributed by atoms with Crippen LogP contribution in [0.25, 0.3) is 21.5 Å². The van der Waals surface area contributed by atoms with Gasteiger partial charge in [-0.1, -0.05) is 107 Å². The molecule has 0 N–H and O–H groups in total. The lowest BCUT2D eigenvalue weighted by molar-refractivity contribution is 0.590. The van der Waals surface area contributed by atoms with Crippen LogP contribution in [0.5, 0.6) is 0 Å². The Hall–Kier alpha value is -1.82. The summed E-state index contributed by atoms with van der Waals surface area (Å²) in [4.78, 5) is 0. The summed E-state index contributed by atoms with van der Waals surface area (Å²) >= 11 is 0. The van der Waals surface area contributed by atoms with Crippen molar-refractivity contribution in [2.24, 2.45) is 0 Å². The van der Waals surface area contributed by atoms with E-state index in [0.29, 0.717) is 0 Å². The molecule has 0 saturated heterocycles. The smallest absolute Gasteiger partial charge is 0.0132 e. The maximum Gasteiger partial charge on any atom is -0.0132 e. The zero-order chi connectivity index (χ0) is 19.9. The van der Waals surface area contributed by atoms with Gasteiger partial charge in [-0.3, -0.25) is 0 Å². The van der Waals surface area contributed by atoms with Gasteiger partial charge >= 0.3 is 0 Å². The van der Waals surface area contributed by atoms with E-state index in [0.717, 1.165) is 0 Å². The van der Waals surface area contributed by atoms with E-state index in [2.05, 4.69) is 91.8 Å². The lowest BCUT2D eigenvalue weighted by Crippen LogP contribution is -2.11. The Morgan fingerprint density at radius 1 is 0.500 bits per heavy atom. The molecule has 0 unspecified atom stereocenters. The van der Waals surface area contributed by atoms with Crippen molar-refractivity contribution in [3.8, 4) is 0 Å². The standard InChI is InChI=1S/C24H30.C2H6.2CH4/c1-15-19-11-9-18(24(6,7)8)14-22(19)16(2)20-12-10-17(13-21(15)20)23(3,4)5;1-2;;/h9-14H,1-8H3;1-2H3;2*1H4. The second-order valence-corrected chi connectivity index (χ2v) is 9.27. The summed E-state index contributed by atoms with van der Waals surface area (Å²) in [5.74, 6) is 0. The Balaban J connectivity index is 0.00000177. The molecule has 0 bridgehead atoms. The summed E-state index contributed by atoms with van der Waals surface area (Å²) in [6.45, 7) is 22.3. The minimum atomic E-state index is 0. The summed E-state index contributed by atoms with van der Waals surface area (Å²) in [5, 5.41) is 5.57. The van der Waals surface area contributed by atoms with E-state index in [1.165, 1.54) is 43.8 Å². The molecule has 28 heavy (non-hydrogen) atoms. The molecule has 0 spiro atoms. The highest BCUT2D eigenvalue weighted by molar-refractivity contribution is 6.05. The van der Waals surface area contributed by atoms with E-state index in [4.69, 9.17) is 0 Å². The van der Waals surface area contributed by atoms with Crippen LogP contribution in [0.1, 0.15) is 92.5 Å². The molecular formula is C28H44. The molecule has 0 heterocycles. The second-order valence-electron chi connectivity index (χ2n) is 9.27. The SMILES string of the molecule is C.C.CC.Cc1c2ccc(C(C)(C)C)cc2c(C)c2ccc(C(C)(C)C)cc12. The third-order valence-corrected chi connectivity index (χ3v) is 5.39. The van der Waals surface area contributed by atoms with E-state index in [9.17, 15) is 0 Å². The van der Waals surface area contributed by atoms with Crippen molar-refractivity contribution in [3.05, 3.63) is 58.7 Å². The molecule has 0 fully saturated rings. The monoisotopic (exact) mass is 380 g/mol. The van der Waals surface area contributed by atoms with Crippen molar-refractivity contribution in [2.75, 3.05) is 0 Å². The molecule has 3 aromatic carbocycles. The zero-order valence-electron chi connectivity index (χ0n) is 18.5. The predicted octanol–water partition coefficient (Wildman–Crippen LogP) is 9.50. The zero-order valence-corrected chi connectivity index (χ0v) is 18.5. The van der Waals surface area contributed by atoms with Crippen LogP contribution in [0, 0.1) is 13.8 Å². The highest BCUT2D eigenvalue weighted by Gasteiger charge is 2.18. The van der Waals surface area contributed by atoms with Crippen LogP contribution in [-0.2, 0) is 10.8 Å². The van der Waals surface area contributed by atoms with Crippen LogP contribution in [-0.4, -0.2) is 0 Å². The molecule has 0 atom stereocenters. The summed E-state index contributed by atoms with van der Waals surface area (Å²) < 4.78 is 0. The number of hydrogen-bond donors (Lipinski definition) is 0. The molecule has 0 aliphatic rings. The highest BCUT2D eigenvalue weighted by atomic mass is 14.2. The van der Waals surface area contributed by atoms with Crippen LogP contribution < -0.4 is 0 Å². The first kappa shape index (κ1) is 26.2. The van der Waals surface area contributed by atoms with E-state index in [1.54, 1.807) is 0 Å². The summed E-state index contributed by atoms with van der Waals surface area (Å²) in [5.41, 5.74) is 5.97. The molecule has 0 aromatic heterocycles. The molecule has 0 aliphatic heterocycles. The number of aryl methyl sites for hydroxylation is 2. The normalized spacial score (nSPS) is 11.4. The van der Waals surface area contributed by atoms with Crippen LogP contribution in [0.4, 0.5) is 0 Å². The maximum absolute atomic E-state index is 2.40. The minimum absolute atomic E-state index is 0. The molecule has 3 aromatic rings. The Bertz CT molecular complexity index is 849. The predicted molar refractivity (Wildman–Crippen MR) is 133 cm³/mol. The van der Waals surface area contributed by atoms with E-state index in [-0.39, 0.29) is 25.7 Å². The summed E-state index contributed by atoms with van der Waals surface area (Å²) in [7, 11) is 0. The first-order chi connectivity index (χ1) is 12.0. The Kier molecular flexibility index (Phi) is 8.53. The average Bonchev–Trinajstić information content (AvgIpc) is 2.59. The molecule has 0 radical (unpaired) electrons. The molecule has 156 valence electrons. The van der Waals surface area contributed by atoms with Gasteiger partial charge in [-0.25, -0.2) is 0 Å². The topological polar surface area (TPSA) is 0 Å². The van der Waals surface area contributed by atoms with Gasteiger partial charge in [0.15, 0.2) is 0 Å². The van der Waals surface area contributed by atoms with Crippen LogP contribution >= 0.6 is 0 Å². The fraction of sp³-hybridized carbons (Fsp3) is 0.500. The molecule has 0 heteroatoms. The van der Waals surface area contributed by atoms with E-state index in [1.807, 2.05) is 13.8 Å². The number of hydrogen-bond acceptors (Lipinski definition) is 0. The van der Waals surface area contributed by atoms with Crippen LogP contribution in [0.3, 0.4) is 0 Å². The Labute approximate surface area is 175 Å². The van der Waals surface area contributed by atoms with Gasteiger partial charge in [0, 0.05) is 0 Å². The van der Waals surface area contributed by atoms with Gasteiger partial charge in [-0.2, -0.15) is 0 Å². The molecule has 0 aliphatic carbocycles. The van der Waals surface area contributed by atoms with Crippen LogP contribution in [0.2, 0.25) is 0 Å². The molecule has 3 rings (SSSR count). The van der Waals surface area contributed by atoms with Gasteiger partial charge in [0.25, 0.3) is 0 Å². The third-order valence-electron chi connectivity index (χ3n) is 5.39. The van der Waals surface area contributed by atoms with E-state index >= 15 is 0 Å². The fourth-order valence-corrected chi connectivity index (χ4v) is 3.59.